The molecule has 0 aliphatic rings. The number of benzene rings is 1. The molecular formula is C11H15NO. The molecule has 0 heterocycles. The quantitative estimate of drug-likeness (QED) is 0.765. The average molecular weight is 177 g/mol. The number of nitrogens with two attached hydrogens (primary N) is 1. The first-order valence-electron chi connectivity index (χ1n) is 4.46. The van der Waals surface area contributed by atoms with Crippen LogP contribution in [0.3, 0.4) is 0 Å². The lowest BCUT2D eigenvalue weighted by Gasteiger charge is -2.25. The number of hydrogen-bond acceptors (Lipinski definition) is 2. The normalized spacial score (nSPS) is 15.0. The Balaban J connectivity index is 3.11. The predicted molar refractivity (Wildman–Crippen MR) is 53.3 cm³/mol. The highest BCUT2D eigenvalue weighted by Crippen LogP contribution is 2.22. The minimum absolute atomic E-state index is 0.0150. The van der Waals surface area contributed by atoms with Crippen LogP contribution in [0.15, 0.2) is 30.3 Å². The van der Waals surface area contributed by atoms with Crippen LogP contribution in [0.25, 0.3) is 0 Å². The molecule has 0 unspecified atom stereocenters. The molecule has 0 aliphatic carbocycles. The fraction of sp³-hybridized carbons (Fsp3) is 0.364. The van der Waals surface area contributed by atoms with E-state index in [-0.39, 0.29) is 5.78 Å². The third-order valence-electron chi connectivity index (χ3n) is 2.47. The number of hydrogen-bond donors (Lipinski definition) is 1. The van der Waals surface area contributed by atoms with Gasteiger partial charge in [0.05, 0.1) is 5.54 Å². The molecular weight excluding hydrogens is 162 g/mol. The van der Waals surface area contributed by atoms with E-state index in [1.54, 1.807) is 0 Å². The van der Waals surface area contributed by atoms with E-state index < -0.39 is 5.54 Å². The van der Waals surface area contributed by atoms with Crippen molar-refractivity contribution in [2.45, 2.75) is 25.8 Å². The molecule has 13 heavy (non-hydrogen) atoms. The molecule has 0 bridgehead atoms. The first kappa shape index (κ1) is 9.93. The van der Waals surface area contributed by atoms with Gasteiger partial charge in [-0.1, -0.05) is 37.3 Å². The molecule has 1 rings (SSSR count). The summed E-state index contributed by atoms with van der Waals surface area (Å²) in [6.45, 7) is 3.46. The van der Waals surface area contributed by atoms with Gasteiger partial charge >= 0.3 is 0 Å². The lowest BCUT2D eigenvalue weighted by atomic mass is 9.85. The third kappa shape index (κ3) is 1.78. The fourth-order valence-corrected chi connectivity index (χ4v) is 1.39. The van der Waals surface area contributed by atoms with Gasteiger partial charge < -0.3 is 5.73 Å². The number of rotatable bonds is 3. The van der Waals surface area contributed by atoms with Crippen LogP contribution in [0.1, 0.15) is 25.8 Å². The van der Waals surface area contributed by atoms with E-state index in [9.17, 15) is 4.79 Å². The van der Waals surface area contributed by atoms with E-state index >= 15 is 0 Å². The second-order valence-electron chi connectivity index (χ2n) is 3.25. The van der Waals surface area contributed by atoms with Gasteiger partial charge in [0.15, 0.2) is 5.78 Å². The van der Waals surface area contributed by atoms with Gasteiger partial charge in [0.1, 0.15) is 0 Å². The summed E-state index contributed by atoms with van der Waals surface area (Å²) in [6.07, 6.45) is 0.631. The number of carbonyl (C=O) groups is 1. The minimum Gasteiger partial charge on any atom is -0.315 e. The standard InChI is InChI=1S/C11H15NO/c1-3-11(12,9(2)13)10-7-5-4-6-8-10/h4-8H,3,12H2,1-2H3/t11-/m1/s1. The summed E-state index contributed by atoms with van der Waals surface area (Å²) in [4.78, 5) is 11.4. The zero-order valence-electron chi connectivity index (χ0n) is 8.08. The predicted octanol–water partition coefficient (Wildman–Crippen LogP) is 1.84. The van der Waals surface area contributed by atoms with E-state index in [1.807, 2.05) is 37.3 Å². The fourth-order valence-electron chi connectivity index (χ4n) is 1.39. The van der Waals surface area contributed by atoms with Gasteiger partial charge in [0.25, 0.3) is 0 Å². The SMILES string of the molecule is CC[C@@](N)(C(C)=O)c1ccccc1. The Morgan fingerprint density at radius 1 is 1.38 bits per heavy atom. The molecule has 2 nitrogen and oxygen atoms in total. The van der Waals surface area contributed by atoms with Gasteiger partial charge in [-0.05, 0) is 18.9 Å². The van der Waals surface area contributed by atoms with Crippen LogP contribution in [0.4, 0.5) is 0 Å². The van der Waals surface area contributed by atoms with E-state index in [1.165, 1.54) is 6.92 Å². The first-order valence-corrected chi connectivity index (χ1v) is 4.46. The van der Waals surface area contributed by atoms with Gasteiger partial charge in [0, 0.05) is 0 Å². The van der Waals surface area contributed by atoms with Crippen molar-refractivity contribution < 1.29 is 4.79 Å². The van der Waals surface area contributed by atoms with Crippen molar-refractivity contribution in [3.63, 3.8) is 0 Å². The van der Waals surface area contributed by atoms with Crippen molar-refractivity contribution in [1.29, 1.82) is 0 Å². The Labute approximate surface area is 78.8 Å². The van der Waals surface area contributed by atoms with E-state index in [0.29, 0.717) is 6.42 Å². The molecule has 0 saturated carbocycles. The monoisotopic (exact) mass is 177 g/mol. The first-order chi connectivity index (χ1) is 6.11. The average Bonchev–Trinajstić information content (AvgIpc) is 2.17. The number of Topliss-reactive ketones (excluding diaryl/α,β-unsaturated/α-hetero) is 1. The second kappa shape index (κ2) is 3.71. The highest BCUT2D eigenvalue weighted by molar-refractivity contribution is 5.87. The molecule has 2 N–H and O–H groups in total. The molecule has 70 valence electrons. The van der Waals surface area contributed by atoms with Gasteiger partial charge in [-0.2, -0.15) is 0 Å². The Bertz CT molecular complexity index is 294. The van der Waals surface area contributed by atoms with Gasteiger partial charge in [0.2, 0.25) is 0 Å². The molecule has 2 heteroatoms. The number of ketones is 1. The van der Waals surface area contributed by atoms with Crippen LogP contribution in [-0.4, -0.2) is 5.78 Å². The van der Waals surface area contributed by atoms with Gasteiger partial charge in [-0.3, -0.25) is 4.79 Å². The van der Waals surface area contributed by atoms with Crippen LogP contribution in [0.2, 0.25) is 0 Å². The molecule has 1 aromatic rings. The lowest BCUT2D eigenvalue weighted by Crippen LogP contribution is -2.42. The molecule has 0 amide bonds. The molecule has 0 aliphatic heterocycles. The smallest absolute Gasteiger partial charge is 0.154 e. The zero-order chi connectivity index (χ0) is 9.90. The largest absolute Gasteiger partial charge is 0.315 e. The molecule has 1 aromatic carbocycles. The van der Waals surface area contributed by atoms with Gasteiger partial charge in [-0.25, -0.2) is 0 Å². The second-order valence-corrected chi connectivity index (χ2v) is 3.25. The Morgan fingerprint density at radius 2 is 1.92 bits per heavy atom. The van der Waals surface area contributed by atoms with Crippen molar-refractivity contribution in [1.82, 2.24) is 0 Å². The molecule has 0 radical (unpaired) electrons. The summed E-state index contributed by atoms with van der Waals surface area (Å²) in [6, 6.07) is 9.50. The van der Waals surface area contributed by atoms with Crippen LogP contribution in [0.5, 0.6) is 0 Å². The summed E-state index contributed by atoms with van der Waals surface area (Å²) >= 11 is 0. The highest BCUT2D eigenvalue weighted by atomic mass is 16.1. The maximum Gasteiger partial charge on any atom is 0.154 e. The van der Waals surface area contributed by atoms with Gasteiger partial charge in [-0.15, -0.1) is 0 Å². The lowest BCUT2D eigenvalue weighted by molar-refractivity contribution is -0.122. The van der Waals surface area contributed by atoms with Crippen LogP contribution < -0.4 is 5.73 Å². The van der Waals surface area contributed by atoms with Crippen molar-refractivity contribution in [3.8, 4) is 0 Å². The van der Waals surface area contributed by atoms with Crippen molar-refractivity contribution in [2.75, 3.05) is 0 Å². The van der Waals surface area contributed by atoms with E-state index in [0.717, 1.165) is 5.56 Å². The summed E-state index contributed by atoms with van der Waals surface area (Å²) < 4.78 is 0. The van der Waals surface area contributed by atoms with Crippen LogP contribution >= 0.6 is 0 Å². The van der Waals surface area contributed by atoms with Crippen molar-refractivity contribution in [3.05, 3.63) is 35.9 Å². The Kier molecular flexibility index (Phi) is 2.83. The summed E-state index contributed by atoms with van der Waals surface area (Å²) in [5, 5.41) is 0. The third-order valence-corrected chi connectivity index (χ3v) is 2.47. The highest BCUT2D eigenvalue weighted by Gasteiger charge is 2.29. The topological polar surface area (TPSA) is 43.1 Å². The summed E-state index contributed by atoms with van der Waals surface area (Å²) in [7, 11) is 0. The molecule has 1 atom stereocenters. The maximum absolute atomic E-state index is 11.4. The molecule has 0 aromatic heterocycles. The van der Waals surface area contributed by atoms with Crippen molar-refractivity contribution >= 4 is 5.78 Å². The minimum atomic E-state index is -0.804. The number of carbonyl (C=O) groups excluding carboxylic acids is 1. The molecule has 0 saturated heterocycles. The molecule has 0 fully saturated rings. The Hall–Kier alpha value is -1.15. The Morgan fingerprint density at radius 3 is 2.31 bits per heavy atom. The summed E-state index contributed by atoms with van der Waals surface area (Å²) in [5.41, 5.74) is 6.10. The van der Waals surface area contributed by atoms with E-state index in [4.69, 9.17) is 5.73 Å². The summed E-state index contributed by atoms with van der Waals surface area (Å²) in [5.74, 6) is 0.0150. The van der Waals surface area contributed by atoms with E-state index in [2.05, 4.69) is 0 Å². The van der Waals surface area contributed by atoms with Crippen LogP contribution in [0, 0.1) is 0 Å². The maximum atomic E-state index is 11.4. The molecule has 0 spiro atoms. The zero-order valence-corrected chi connectivity index (χ0v) is 8.08. The van der Waals surface area contributed by atoms with Crippen molar-refractivity contribution in [2.24, 2.45) is 5.73 Å². The van der Waals surface area contributed by atoms with Crippen LogP contribution in [-0.2, 0) is 10.3 Å².